The summed E-state index contributed by atoms with van der Waals surface area (Å²) in [6, 6.07) is 23.8. The molecular formula is C26H21N3O4. The van der Waals surface area contributed by atoms with Crippen molar-refractivity contribution in [1.82, 2.24) is 15.0 Å². The van der Waals surface area contributed by atoms with E-state index in [-0.39, 0.29) is 12.4 Å². The first-order valence-corrected chi connectivity index (χ1v) is 10.2. The molecule has 0 saturated heterocycles. The highest BCUT2D eigenvalue weighted by molar-refractivity contribution is 5.99. The van der Waals surface area contributed by atoms with Crippen molar-refractivity contribution in [3.63, 3.8) is 0 Å². The molecule has 0 N–H and O–H groups in total. The lowest BCUT2D eigenvalue weighted by atomic mass is 10.1. The van der Waals surface area contributed by atoms with Crippen LogP contribution in [0.2, 0.25) is 0 Å². The van der Waals surface area contributed by atoms with E-state index < -0.39 is 5.97 Å². The minimum atomic E-state index is -0.574. The molecule has 0 radical (unpaired) electrons. The van der Waals surface area contributed by atoms with Gasteiger partial charge in [-0.3, -0.25) is 4.79 Å². The minimum Gasteiger partial charge on any atom is -0.497 e. The topological polar surface area (TPSA) is 83.3 Å². The lowest BCUT2D eigenvalue weighted by molar-refractivity contribution is -0.136. The van der Waals surface area contributed by atoms with Crippen LogP contribution in [-0.2, 0) is 9.53 Å². The second-order valence-electron chi connectivity index (χ2n) is 7.08. The van der Waals surface area contributed by atoms with E-state index in [1.54, 1.807) is 48.3 Å². The molecular weight excluding hydrogens is 418 g/mol. The summed E-state index contributed by atoms with van der Waals surface area (Å²) in [7, 11) is 1.62. The second kappa shape index (κ2) is 10.2. The quantitative estimate of drug-likeness (QED) is 0.230. The van der Waals surface area contributed by atoms with E-state index in [1.807, 2.05) is 54.6 Å². The molecule has 0 aliphatic rings. The molecule has 0 atom stereocenters. The van der Waals surface area contributed by atoms with Gasteiger partial charge in [0.15, 0.2) is 12.4 Å². The zero-order chi connectivity index (χ0) is 23.0. The number of hydrogen-bond acceptors (Lipinski definition) is 6. The lowest BCUT2D eigenvalue weighted by Crippen LogP contribution is -2.12. The lowest BCUT2D eigenvalue weighted by Gasteiger charge is -2.08. The summed E-state index contributed by atoms with van der Waals surface area (Å²) < 4.78 is 12.0. The van der Waals surface area contributed by atoms with Crippen LogP contribution in [0.1, 0.15) is 15.9 Å². The Hall–Kier alpha value is -4.52. The highest BCUT2D eigenvalue weighted by atomic mass is 16.5. The van der Waals surface area contributed by atoms with Gasteiger partial charge in [-0.05, 0) is 60.2 Å². The molecule has 3 aromatic carbocycles. The van der Waals surface area contributed by atoms with Gasteiger partial charge in [-0.1, -0.05) is 35.5 Å². The average Bonchev–Trinajstić information content (AvgIpc) is 3.37. The van der Waals surface area contributed by atoms with Crippen molar-refractivity contribution >= 4 is 17.8 Å². The normalized spacial score (nSPS) is 10.8. The zero-order valence-corrected chi connectivity index (χ0v) is 17.9. The Morgan fingerprint density at radius 1 is 0.939 bits per heavy atom. The predicted octanol–water partition coefficient (Wildman–Crippen LogP) is 4.38. The van der Waals surface area contributed by atoms with E-state index in [2.05, 4.69) is 10.3 Å². The van der Waals surface area contributed by atoms with Gasteiger partial charge in [0.2, 0.25) is 0 Å². The first kappa shape index (κ1) is 21.7. The number of nitrogens with zero attached hydrogens (tertiary/aromatic N) is 3. The van der Waals surface area contributed by atoms with E-state index in [4.69, 9.17) is 9.47 Å². The molecule has 7 heteroatoms. The smallest absolute Gasteiger partial charge is 0.331 e. The average molecular weight is 439 g/mol. The van der Waals surface area contributed by atoms with Crippen LogP contribution in [0.4, 0.5) is 0 Å². The SMILES string of the molecule is COc1ccc(-c2cnnn2-c2ccc(C(=O)COC(=O)/C=C/c3ccccc3)cc2)cc1. The summed E-state index contributed by atoms with van der Waals surface area (Å²) >= 11 is 0. The summed E-state index contributed by atoms with van der Waals surface area (Å²) in [6.45, 7) is -0.336. The Kier molecular flexibility index (Phi) is 6.70. The maximum atomic E-state index is 12.4. The van der Waals surface area contributed by atoms with Crippen molar-refractivity contribution in [2.45, 2.75) is 0 Å². The van der Waals surface area contributed by atoms with Gasteiger partial charge in [-0.25, -0.2) is 9.48 Å². The molecule has 164 valence electrons. The van der Waals surface area contributed by atoms with Crippen LogP contribution >= 0.6 is 0 Å². The fourth-order valence-electron chi connectivity index (χ4n) is 3.17. The molecule has 0 bridgehead atoms. The van der Waals surface area contributed by atoms with Crippen molar-refractivity contribution in [2.75, 3.05) is 13.7 Å². The van der Waals surface area contributed by atoms with Gasteiger partial charge in [0.1, 0.15) is 5.75 Å². The maximum Gasteiger partial charge on any atom is 0.331 e. The Morgan fingerprint density at radius 3 is 2.36 bits per heavy atom. The molecule has 4 rings (SSSR count). The maximum absolute atomic E-state index is 12.4. The van der Waals surface area contributed by atoms with Crippen LogP contribution < -0.4 is 4.74 Å². The van der Waals surface area contributed by atoms with Crippen LogP contribution in [0.15, 0.2) is 91.1 Å². The molecule has 0 aliphatic carbocycles. The molecule has 1 aromatic heterocycles. The summed E-state index contributed by atoms with van der Waals surface area (Å²) in [5.41, 5.74) is 3.79. The first-order valence-electron chi connectivity index (χ1n) is 10.2. The number of benzene rings is 3. The van der Waals surface area contributed by atoms with Crippen LogP contribution in [0.5, 0.6) is 5.75 Å². The van der Waals surface area contributed by atoms with E-state index in [0.717, 1.165) is 28.3 Å². The van der Waals surface area contributed by atoms with E-state index >= 15 is 0 Å². The van der Waals surface area contributed by atoms with Gasteiger partial charge in [0.05, 0.1) is 24.7 Å². The third-order valence-electron chi connectivity index (χ3n) is 4.93. The number of methoxy groups -OCH3 is 1. The van der Waals surface area contributed by atoms with Crippen LogP contribution in [0.25, 0.3) is 23.0 Å². The number of ether oxygens (including phenoxy) is 2. The molecule has 4 aromatic rings. The van der Waals surface area contributed by atoms with Crippen molar-refractivity contribution in [2.24, 2.45) is 0 Å². The van der Waals surface area contributed by atoms with Gasteiger partial charge in [0.25, 0.3) is 0 Å². The van der Waals surface area contributed by atoms with Gasteiger partial charge in [-0.2, -0.15) is 0 Å². The van der Waals surface area contributed by atoms with Crippen LogP contribution in [0.3, 0.4) is 0 Å². The number of ketones is 1. The van der Waals surface area contributed by atoms with Crippen molar-refractivity contribution in [3.8, 4) is 22.7 Å². The third kappa shape index (κ3) is 5.40. The number of carbonyl (C=O) groups excluding carboxylic acids is 2. The monoisotopic (exact) mass is 439 g/mol. The van der Waals surface area contributed by atoms with Gasteiger partial charge in [0, 0.05) is 17.2 Å². The van der Waals surface area contributed by atoms with Gasteiger partial charge in [-0.15, -0.1) is 5.10 Å². The molecule has 33 heavy (non-hydrogen) atoms. The fraction of sp³-hybridized carbons (Fsp3) is 0.0769. The van der Waals surface area contributed by atoms with Crippen molar-refractivity contribution in [3.05, 3.63) is 102 Å². The molecule has 0 fully saturated rings. The highest BCUT2D eigenvalue weighted by Crippen LogP contribution is 2.24. The second-order valence-corrected chi connectivity index (χ2v) is 7.08. The number of esters is 1. The number of hydrogen-bond donors (Lipinski definition) is 0. The molecule has 7 nitrogen and oxygen atoms in total. The van der Waals surface area contributed by atoms with E-state index in [0.29, 0.717) is 5.56 Å². The highest BCUT2D eigenvalue weighted by Gasteiger charge is 2.12. The van der Waals surface area contributed by atoms with Crippen molar-refractivity contribution in [1.29, 1.82) is 0 Å². The first-order chi connectivity index (χ1) is 16.1. The van der Waals surface area contributed by atoms with E-state index in [9.17, 15) is 9.59 Å². The van der Waals surface area contributed by atoms with Crippen LogP contribution in [0, 0.1) is 0 Å². The number of Topliss-reactive ketones (excluding diaryl/α,β-unsaturated/α-hetero) is 1. The molecule has 0 aliphatic heterocycles. The summed E-state index contributed by atoms with van der Waals surface area (Å²) in [5.74, 6) is -0.107. The van der Waals surface area contributed by atoms with E-state index in [1.165, 1.54) is 6.08 Å². The molecule has 0 amide bonds. The summed E-state index contributed by atoms with van der Waals surface area (Å²) in [5, 5.41) is 8.17. The predicted molar refractivity (Wildman–Crippen MR) is 124 cm³/mol. The Labute approximate surface area is 190 Å². The van der Waals surface area contributed by atoms with Crippen molar-refractivity contribution < 1.29 is 19.1 Å². The van der Waals surface area contributed by atoms with Gasteiger partial charge >= 0.3 is 5.97 Å². The molecule has 1 heterocycles. The standard InChI is InChI=1S/C26H21N3O4/c1-32-23-14-10-20(11-15-23)24-17-27-28-29(24)22-12-8-21(9-13-22)25(30)18-33-26(31)16-7-19-5-3-2-4-6-19/h2-17H,18H2,1H3/b16-7+. The fourth-order valence-corrected chi connectivity index (χ4v) is 3.17. The van der Waals surface area contributed by atoms with Gasteiger partial charge < -0.3 is 9.47 Å². The Bertz CT molecular complexity index is 1260. The third-order valence-corrected chi connectivity index (χ3v) is 4.93. The molecule has 0 saturated carbocycles. The summed E-state index contributed by atoms with van der Waals surface area (Å²) in [4.78, 5) is 24.3. The molecule has 0 unspecified atom stereocenters. The van der Waals surface area contributed by atoms with Crippen LogP contribution in [-0.4, -0.2) is 40.5 Å². The molecule has 0 spiro atoms. The number of carbonyl (C=O) groups is 2. The number of aromatic nitrogens is 3. The number of rotatable bonds is 8. The Morgan fingerprint density at radius 2 is 1.67 bits per heavy atom. The Balaban J connectivity index is 1.39. The largest absolute Gasteiger partial charge is 0.497 e. The summed E-state index contributed by atoms with van der Waals surface area (Å²) in [6.07, 6.45) is 4.61. The minimum absolute atomic E-state index is 0.294. The zero-order valence-electron chi connectivity index (χ0n) is 17.9.